The number of thiophene rings is 1. The second kappa shape index (κ2) is 7.43. The quantitative estimate of drug-likeness (QED) is 0.595. The highest BCUT2D eigenvalue weighted by atomic mass is 32.2. The maximum atomic E-state index is 12.2. The van der Waals surface area contributed by atoms with Crippen molar-refractivity contribution < 1.29 is 4.79 Å². The summed E-state index contributed by atoms with van der Waals surface area (Å²) in [7, 11) is 0. The highest BCUT2D eigenvalue weighted by Gasteiger charge is 2.19. The number of hydrogen-bond donors (Lipinski definition) is 0. The molecule has 2 rings (SSSR count). The fourth-order valence-corrected chi connectivity index (χ4v) is 4.21. The predicted molar refractivity (Wildman–Crippen MR) is 83.6 cm³/mol. The fourth-order valence-electron chi connectivity index (χ4n) is 2.23. The van der Waals surface area contributed by atoms with Gasteiger partial charge < -0.3 is 4.90 Å². The van der Waals surface area contributed by atoms with Gasteiger partial charge in [0, 0.05) is 26.2 Å². The van der Waals surface area contributed by atoms with Gasteiger partial charge >= 0.3 is 0 Å². The largest absolute Gasteiger partial charge is 0.301 e. The molecular weight excluding hydrogens is 276 g/mol. The fraction of sp³-hybridized carbons (Fsp3) is 0.643. The Balaban J connectivity index is 1.83. The van der Waals surface area contributed by atoms with E-state index in [9.17, 15) is 4.79 Å². The molecule has 0 amide bonds. The molecule has 0 aromatic carbocycles. The van der Waals surface area contributed by atoms with E-state index in [1.54, 1.807) is 11.3 Å². The lowest BCUT2D eigenvalue weighted by atomic mass is 10.2. The van der Waals surface area contributed by atoms with Gasteiger partial charge in [-0.05, 0) is 24.4 Å². The lowest BCUT2D eigenvalue weighted by Crippen LogP contribution is -2.47. The van der Waals surface area contributed by atoms with Gasteiger partial charge in [-0.1, -0.05) is 13.8 Å². The van der Waals surface area contributed by atoms with E-state index in [-0.39, 0.29) is 5.78 Å². The zero-order valence-electron chi connectivity index (χ0n) is 11.7. The first-order valence-corrected chi connectivity index (χ1v) is 8.73. The van der Waals surface area contributed by atoms with Crippen LogP contribution in [-0.2, 0) is 0 Å². The molecule has 0 saturated carbocycles. The third-order valence-electron chi connectivity index (χ3n) is 3.42. The summed E-state index contributed by atoms with van der Waals surface area (Å²) in [5, 5.41) is 0. The molecule has 0 unspecified atom stereocenters. The van der Waals surface area contributed by atoms with Crippen molar-refractivity contribution in [3.05, 3.63) is 17.0 Å². The van der Waals surface area contributed by atoms with Gasteiger partial charge in [-0.25, -0.2) is 0 Å². The number of piperazine rings is 1. The normalized spacial score (nSPS) is 17.8. The van der Waals surface area contributed by atoms with Gasteiger partial charge in [0.15, 0.2) is 5.78 Å². The molecule has 0 bridgehead atoms. The van der Waals surface area contributed by atoms with Crippen LogP contribution in [0.15, 0.2) is 16.3 Å². The highest BCUT2D eigenvalue weighted by Crippen LogP contribution is 2.27. The number of nitrogens with zero attached hydrogens (tertiary/aromatic N) is 2. The minimum atomic E-state index is 0.276. The SMILES string of the molecule is CCSc1ccc(C(=O)CN2CCN(CC)CC2)s1. The van der Waals surface area contributed by atoms with E-state index in [2.05, 4.69) is 29.7 Å². The van der Waals surface area contributed by atoms with Crippen molar-refractivity contribution in [3.8, 4) is 0 Å². The summed E-state index contributed by atoms with van der Waals surface area (Å²) in [6, 6.07) is 4.05. The Labute approximate surface area is 124 Å². The number of likely N-dealkylation sites (N-methyl/N-ethyl adjacent to an activating group) is 1. The maximum absolute atomic E-state index is 12.2. The molecule has 1 saturated heterocycles. The van der Waals surface area contributed by atoms with Crippen LogP contribution in [-0.4, -0.2) is 60.6 Å². The third kappa shape index (κ3) is 4.31. The lowest BCUT2D eigenvalue weighted by molar-refractivity contribution is 0.0863. The molecule has 1 fully saturated rings. The number of carbonyl (C=O) groups is 1. The van der Waals surface area contributed by atoms with Gasteiger partial charge in [0.2, 0.25) is 0 Å². The number of carbonyl (C=O) groups excluding carboxylic acids is 1. The first-order chi connectivity index (χ1) is 9.22. The van der Waals surface area contributed by atoms with Crippen molar-refractivity contribution in [2.45, 2.75) is 18.1 Å². The monoisotopic (exact) mass is 298 g/mol. The van der Waals surface area contributed by atoms with Crippen molar-refractivity contribution in [3.63, 3.8) is 0 Å². The van der Waals surface area contributed by atoms with Crippen LogP contribution in [0, 0.1) is 0 Å². The smallest absolute Gasteiger partial charge is 0.186 e. The molecule has 2 heterocycles. The van der Waals surface area contributed by atoms with Gasteiger partial charge in [-0.2, -0.15) is 0 Å². The van der Waals surface area contributed by atoms with Crippen molar-refractivity contribution in [1.29, 1.82) is 0 Å². The molecule has 1 aliphatic heterocycles. The van der Waals surface area contributed by atoms with Crippen LogP contribution in [0.25, 0.3) is 0 Å². The zero-order chi connectivity index (χ0) is 13.7. The first kappa shape index (κ1) is 15.0. The van der Waals surface area contributed by atoms with Gasteiger partial charge in [0.1, 0.15) is 0 Å². The van der Waals surface area contributed by atoms with E-state index < -0.39 is 0 Å². The molecule has 3 nitrogen and oxygen atoms in total. The van der Waals surface area contributed by atoms with E-state index in [4.69, 9.17) is 0 Å². The minimum absolute atomic E-state index is 0.276. The lowest BCUT2D eigenvalue weighted by Gasteiger charge is -2.33. The van der Waals surface area contributed by atoms with E-state index in [0.717, 1.165) is 43.4 Å². The molecule has 0 aliphatic carbocycles. The van der Waals surface area contributed by atoms with E-state index in [0.29, 0.717) is 6.54 Å². The highest BCUT2D eigenvalue weighted by molar-refractivity contribution is 8.01. The molecule has 106 valence electrons. The van der Waals surface area contributed by atoms with Crippen LogP contribution in [0.1, 0.15) is 23.5 Å². The van der Waals surface area contributed by atoms with Crippen LogP contribution < -0.4 is 0 Å². The Bertz CT molecular complexity index is 411. The van der Waals surface area contributed by atoms with E-state index in [1.807, 2.05) is 17.8 Å². The van der Waals surface area contributed by atoms with Crippen LogP contribution in [0.4, 0.5) is 0 Å². The molecule has 0 N–H and O–H groups in total. The topological polar surface area (TPSA) is 23.6 Å². The number of rotatable bonds is 6. The number of hydrogen-bond acceptors (Lipinski definition) is 5. The summed E-state index contributed by atoms with van der Waals surface area (Å²) in [4.78, 5) is 17.8. The number of Topliss-reactive ketones (excluding diaryl/α,β-unsaturated/α-hetero) is 1. The Kier molecular flexibility index (Phi) is 5.88. The molecule has 0 radical (unpaired) electrons. The summed E-state index contributed by atoms with van der Waals surface area (Å²) in [6.45, 7) is 10.2. The van der Waals surface area contributed by atoms with Gasteiger partial charge in [-0.3, -0.25) is 9.69 Å². The summed E-state index contributed by atoms with van der Waals surface area (Å²) < 4.78 is 1.25. The number of ketones is 1. The zero-order valence-corrected chi connectivity index (χ0v) is 13.4. The molecule has 0 spiro atoms. The molecule has 1 aromatic rings. The molecule has 1 aromatic heterocycles. The second-order valence-electron chi connectivity index (χ2n) is 4.69. The van der Waals surface area contributed by atoms with E-state index >= 15 is 0 Å². The summed E-state index contributed by atoms with van der Waals surface area (Å²) in [6.07, 6.45) is 0. The van der Waals surface area contributed by atoms with Gasteiger partial charge in [0.05, 0.1) is 15.6 Å². The van der Waals surface area contributed by atoms with Crippen LogP contribution in [0.3, 0.4) is 0 Å². The molecular formula is C14H22N2OS2. The standard InChI is InChI=1S/C14H22N2OS2/c1-3-15-7-9-16(10-8-15)11-12(17)13-5-6-14(19-13)18-4-2/h5-6H,3-4,7-11H2,1-2H3. The predicted octanol–water partition coefficient (Wildman–Crippen LogP) is 2.68. The van der Waals surface area contributed by atoms with Crippen molar-refractivity contribution >= 4 is 28.9 Å². The summed E-state index contributed by atoms with van der Waals surface area (Å²) >= 11 is 3.44. The maximum Gasteiger partial charge on any atom is 0.186 e. The average Bonchev–Trinajstić information content (AvgIpc) is 2.89. The molecule has 5 heteroatoms. The second-order valence-corrected chi connectivity index (χ2v) is 7.33. The van der Waals surface area contributed by atoms with Crippen LogP contribution >= 0.6 is 23.1 Å². The van der Waals surface area contributed by atoms with Gasteiger partial charge in [0.25, 0.3) is 0 Å². The summed E-state index contributed by atoms with van der Waals surface area (Å²) in [5.74, 6) is 1.34. The van der Waals surface area contributed by atoms with Crippen molar-refractivity contribution in [2.75, 3.05) is 45.0 Å². The van der Waals surface area contributed by atoms with Crippen molar-refractivity contribution in [1.82, 2.24) is 9.80 Å². The first-order valence-electron chi connectivity index (χ1n) is 6.93. The van der Waals surface area contributed by atoms with Crippen LogP contribution in [0.2, 0.25) is 0 Å². The molecule has 0 atom stereocenters. The Hall–Kier alpha value is -0.360. The molecule has 19 heavy (non-hydrogen) atoms. The van der Waals surface area contributed by atoms with Crippen molar-refractivity contribution in [2.24, 2.45) is 0 Å². The summed E-state index contributed by atoms with van der Waals surface area (Å²) in [5.41, 5.74) is 0. The Morgan fingerprint density at radius 3 is 2.53 bits per heavy atom. The molecule has 1 aliphatic rings. The Morgan fingerprint density at radius 2 is 1.89 bits per heavy atom. The third-order valence-corrected chi connectivity index (χ3v) is 5.66. The van der Waals surface area contributed by atoms with Crippen LogP contribution in [0.5, 0.6) is 0 Å². The average molecular weight is 298 g/mol. The van der Waals surface area contributed by atoms with Gasteiger partial charge in [-0.15, -0.1) is 23.1 Å². The Morgan fingerprint density at radius 1 is 1.21 bits per heavy atom. The minimum Gasteiger partial charge on any atom is -0.301 e. The number of thioether (sulfide) groups is 1. The van der Waals surface area contributed by atoms with E-state index in [1.165, 1.54) is 4.21 Å².